The van der Waals surface area contributed by atoms with Gasteiger partial charge in [0.15, 0.2) is 0 Å². The molecular formula is C26H20PbS4. The van der Waals surface area contributed by atoms with E-state index in [9.17, 15) is 0 Å². The minimum atomic E-state index is 0. The molecule has 0 aliphatic heterocycles. The van der Waals surface area contributed by atoms with Crippen molar-refractivity contribution in [3.05, 3.63) is 145 Å². The maximum Gasteiger partial charge on any atom is 2.00 e. The zero-order valence-corrected chi connectivity index (χ0v) is 23.8. The van der Waals surface area contributed by atoms with Crippen molar-refractivity contribution in [2.75, 3.05) is 0 Å². The fourth-order valence-corrected chi connectivity index (χ4v) is 2.38. The number of hydrogen-bond donors (Lipinski definition) is 0. The Bertz CT molecular complexity index is 798. The second-order valence-corrected chi connectivity index (χ2v) is 7.61. The van der Waals surface area contributed by atoms with E-state index >= 15 is 0 Å². The summed E-state index contributed by atoms with van der Waals surface area (Å²) in [5, 5.41) is 0. The van der Waals surface area contributed by atoms with Crippen LogP contribution in [-0.2, 0) is 25.3 Å². The normalized spacial score (nSPS) is 8.26. The predicted molar refractivity (Wildman–Crippen MR) is 147 cm³/mol. The molecular weight excluding hydrogens is 648 g/mol. The van der Waals surface area contributed by atoms with Crippen LogP contribution in [0.4, 0.5) is 0 Å². The van der Waals surface area contributed by atoms with Crippen molar-refractivity contribution in [1.82, 2.24) is 0 Å². The van der Waals surface area contributed by atoms with E-state index in [1.165, 1.54) is 0 Å². The number of hydrogen-bond acceptors (Lipinski definition) is 4. The van der Waals surface area contributed by atoms with Gasteiger partial charge in [-0.3, -0.25) is 0 Å². The predicted octanol–water partition coefficient (Wildman–Crippen LogP) is 6.41. The molecule has 0 spiro atoms. The molecule has 0 heterocycles. The average molecular weight is 668 g/mol. The van der Waals surface area contributed by atoms with Crippen LogP contribution in [0.25, 0.3) is 0 Å². The molecule has 0 nitrogen and oxygen atoms in total. The molecule has 31 heavy (non-hydrogen) atoms. The third kappa shape index (κ3) is 16.7. The molecule has 4 rings (SSSR count). The zero-order chi connectivity index (χ0) is 21.9. The molecule has 0 unspecified atom stereocenters. The Hall–Kier alpha value is -1.58. The molecule has 0 bridgehead atoms. The SMILES string of the molecule is S=C([S-])c1ccccc1.S=C([S-])c1ccccc1.[Pb+2].[c]1ccccc1.[c]1ccccc1. The molecule has 4 aromatic rings. The summed E-state index contributed by atoms with van der Waals surface area (Å²) in [6.07, 6.45) is 0. The average Bonchev–Trinajstić information content (AvgIpc) is 2.84. The summed E-state index contributed by atoms with van der Waals surface area (Å²) in [6.45, 7) is 0. The number of thiocarbonyl (C=S) groups is 2. The molecule has 4 radical (unpaired) electrons. The van der Waals surface area contributed by atoms with Gasteiger partial charge < -0.3 is 49.7 Å². The largest absolute Gasteiger partial charge is 2.00 e. The van der Waals surface area contributed by atoms with Gasteiger partial charge in [0.25, 0.3) is 0 Å². The molecule has 0 atom stereocenters. The van der Waals surface area contributed by atoms with Crippen LogP contribution in [0.15, 0.2) is 121 Å². The van der Waals surface area contributed by atoms with E-state index in [1.54, 1.807) is 0 Å². The molecule has 0 fully saturated rings. The minimum absolute atomic E-state index is 0. The van der Waals surface area contributed by atoms with Crippen LogP contribution in [0.2, 0.25) is 0 Å². The number of rotatable bonds is 2. The summed E-state index contributed by atoms with van der Waals surface area (Å²) in [4.78, 5) is 0. The summed E-state index contributed by atoms with van der Waals surface area (Å²) in [6, 6.07) is 44.2. The quantitative estimate of drug-likeness (QED) is 0.138. The smallest absolute Gasteiger partial charge is 0.428 e. The molecule has 5 heteroatoms. The van der Waals surface area contributed by atoms with Crippen molar-refractivity contribution in [2.45, 2.75) is 0 Å². The summed E-state index contributed by atoms with van der Waals surface area (Å²) in [5.74, 6) is 0. The third-order valence-corrected chi connectivity index (χ3v) is 4.18. The third-order valence-electron chi connectivity index (χ3n) is 3.23. The fraction of sp³-hybridized carbons (Fsp3) is 0. The van der Waals surface area contributed by atoms with E-state index in [2.05, 4.69) is 12.1 Å². The Morgan fingerprint density at radius 2 is 0.742 bits per heavy atom. The molecule has 0 aliphatic carbocycles. The molecule has 152 valence electrons. The molecule has 0 saturated heterocycles. The summed E-state index contributed by atoms with van der Waals surface area (Å²) < 4.78 is 1.08. The zero-order valence-electron chi connectivity index (χ0n) is 16.7. The van der Waals surface area contributed by atoms with Gasteiger partial charge in [-0.2, -0.15) is 0 Å². The van der Waals surface area contributed by atoms with Gasteiger partial charge in [-0.1, -0.05) is 121 Å². The van der Waals surface area contributed by atoms with Crippen LogP contribution >= 0.6 is 24.4 Å². The first-order valence-electron chi connectivity index (χ1n) is 8.96. The van der Waals surface area contributed by atoms with Crippen molar-refractivity contribution >= 4 is 85.4 Å². The first-order chi connectivity index (χ1) is 14.6. The van der Waals surface area contributed by atoms with E-state index in [-0.39, 0.29) is 27.3 Å². The van der Waals surface area contributed by atoms with E-state index < -0.39 is 0 Å². The van der Waals surface area contributed by atoms with E-state index in [0.29, 0.717) is 8.39 Å². The van der Waals surface area contributed by atoms with E-state index in [0.717, 1.165) is 11.1 Å². The van der Waals surface area contributed by atoms with Crippen LogP contribution < -0.4 is 0 Å². The van der Waals surface area contributed by atoms with Crippen LogP contribution in [0.5, 0.6) is 0 Å². The first kappa shape index (κ1) is 29.4. The Morgan fingerprint density at radius 1 is 0.484 bits per heavy atom. The molecule has 0 amide bonds. The van der Waals surface area contributed by atoms with Gasteiger partial charge in [0.1, 0.15) is 0 Å². The van der Waals surface area contributed by atoms with Gasteiger partial charge in [0, 0.05) is 0 Å². The standard InChI is InChI=1S/2C7H6S2.2C6H5.Pb/c2*8-7(9)6-4-2-1-3-5-6;2*1-2-4-6-5-3-1;/h2*1-5H,(H,8,9);2*1-5H;/q;;;;+2/p-2. The van der Waals surface area contributed by atoms with Crippen molar-refractivity contribution in [3.63, 3.8) is 0 Å². The van der Waals surface area contributed by atoms with Crippen molar-refractivity contribution < 1.29 is 0 Å². The molecule has 0 N–H and O–H groups in total. The molecule has 0 saturated carbocycles. The Labute approximate surface area is 228 Å². The van der Waals surface area contributed by atoms with Gasteiger partial charge in [0.05, 0.1) is 0 Å². The first-order valence-corrected chi connectivity index (χ1v) is 10.6. The number of benzene rings is 4. The molecule has 0 aromatic heterocycles. The van der Waals surface area contributed by atoms with E-state index in [4.69, 9.17) is 49.7 Å². The maximum atomic E-state index is 4.78. The van der Waals surface area contributed by atoms with Crippen LogP contribution in [-0.4, -0.2) is 35.7 Å². The maximum absolute atomic E-state index is 4.78. The summed E-state index contributed by atoms with van der Waals surface area (Å²) in [5.41, 5.74) is 1.92. The second kappa shape index (κ2) is 20.3. The minimum Gasteiger partial charge on any atom is -0.428 e. The molecule has 4 aromatic carbocycles. The molecule has 0 aliphatic rings. The monoisotopic (exact) mass is 668 g/mol. The van der Waals surface area contributed by atoms with Gasteiger partial charge in [-0.05, 0) is 23.3 Å². The van der Waals surface area contributed by atoms with Crippen LogP contribution in [0.3, 0.4) is 0 Å². The van der Waals surface area contributed by atoms with Crippen molar-refractivity contribution in [1.29, 1.82) is 0 Å². The van der Waals surface area contributed by atoms with Gasteiger partial charge in [-0.25, -0.2) is 0 Å². The van der Waals surface area contributed by atoms with Crippen LogP contribution in [0, 0.1) is 12.1 Å². The summed E-state index contributed by atoms with van der Waals surface area (Å²) >= 11 is 19.1. The Morgan fingerprint density at radius 3 is 0.871 bits per heavy atom. The Balaban J connectivity index is 0.000000389. The van der Waals surface area contributed by atoms with Gasteiger partial charge in [0.2, 0.25) is 0 Å². The van der Waals surface area contributed by atoms with Gasteiger partial charge in [-0.15, -0.1) is 8.39 Å². The topological polar surface area (TPSA) is 0 Å². The van der Waals surface area contributed by atoms with E-state index in [1.807, 2.05) is 121 Å². The Kier molecular flexibility index (Phi) is 19.3. The summed E-state index contributed by atoms with van der Waals surface area (Å²) in [7, 11) is 0. The second-order valence-electron chi connectivity index (χ2n) is 5.46. The fourth-order valence-electron chi connectivity index (χ4n) is 1.83. The van der Waals surface area contributed by atoms with Crippen molar-refractivity contribution in [3.8, 4) is 0 Å². The van der Waals surface area contributed by atoms with Gasteiger partial charge >= 0.3 is 27.3 Å². The van der Waals surface area contributed by atoms with Crippen molar-refractivity contribution in [2.24, 2.45) is 0 Å². The van der Waals surface area contributed by atoms with Crippen LogP contribution in [0.1, 0.15) is 11.1 Å².